The van der Waals surface area contributed by atoms with Crippen LogP contribution in [0.15, 0.2) is 0 Å². The standard InChI is InChI=1S/C11H24N2O2/c1-11(15)3-6-12-4-2-5-13(8-7-12)9-10-14/h11,14-15H,2-10H2,1H3. The van der Waals surface area contributed by atoms with Crippen molar-refractivity contribution >= 4 is 0 Å². The van der Waals surface area contributed by atoms with E-state index in [9.17, 15) is 5.11 Å². The third-order valence-corrected chi connectivity index (χ3v) is 2.96. The van der Waals surface area contributed by atoms with Crippen LogP contribution in [0, 0.1) is 0 Å². The van der Waals surface area contributed by atoms with Gasteiger partial charge in [0, 0.05) is 26.2 Å². The van der Waals surface area contributed by atoms with Crippen molar-refractivity contribution in [2.75, 3.05) is 45.9 Å². The summed E-state index contributed by atoms with van der Waals surface area (Å²) >= 11 is 0. The van der Waals surface area contributed by atoms with Crippen LogP contribution in [0.25, 0.3) is 0 Å². The molecule has 0 aromatic heterocycles. The molecule has 2 N–H and O–H groups in total. The van der Waals surface area contributed by atoms with Crippen LogP contribution in [0.5, 0.6) is 0 Å². The van der Waals surface area contributed by atoms with Crippen LogP contribution in [0.1, 0.15) is 19.8 Å². The van der Waals surface area contributed by atoms with Gasteiger partial charge in [-0.05, 0) is 32.9 Å². The minimum absolute atomic E-state index is 0.193. The van der Waals surface area contributed by atoms with Gasteiger partial charge in [0.25, 0.3) is 0 Å². The van der Waals surface area contributed by atoms with Gasteiger partial charge in [-0.15, -0.1) is 0 Å². The molecule has 0 aromatic carbocycles. The molecule has 0 spiro atoms. The Labute approximate surface area is 92.5 Å². The monoisotopic (exact) mass is 216 g/mol. The zero-order chi connectivity index (χ0) is 11.1. The van der Waals surface area contributed by atoms with Crippen molar-refractivity contribution in [3.63, 3.8) is 0 Å². The maximum absolute atomic E-state index is 9.22. The fraction of sp³-hybridized carbons (Fsp3) is 1.00. The maximum Gasteiger partial charge on any atom is 0.0558 e. The van der Waals surface area contributed by atoms with E-state index in [0.29, 0.717) is 0 Å². The molecule has 4 nitrogen and oxygen atoms in total. The molecule has 0 aromatic rings. The largest absolute Gasteiger partial charge is 0.395 e. The number of rotatable bonds is 5. The summed E-state index contributed by atoms with van der Waals surface area (Å²) in [5.41, 5.74) is 0. The molecular formula is C11H24N2O2. The molecule has 1 rings (SSSR count). The van der Waals surface area contributed by atoms with E-state index in [-0.39, 0.29) is 12.7 Å². The second-order valence-electron chi connectivity index (χ2n) is 4.40. The molecule has 0 bridgehead atoms. The Morgan fingerprint density at radius 1 is 1.07 bits per heavy atom. The van der Waals surface area contributed by atoms with Crippen molar-refractivity contribution in [3.05, 3.63) is 0 Å². The summed E-state index contributed by atoms with van der Waals surface area (Å²) in [5, 5.41) is 18.1. The quantitative estimate of drug-likeness (QED) is 0.666. The molecule has 0 aliphatic carbocycles. The number of hydrogen-bond donors (Lipinski definition) is 2. The first kappa shape index (κ1) is 12.9. The number of hydrogen-bond acceptors (Lipinski definition) is 4. The molecule has 15 heavy (non-hydrogen) atoms. The second-order valence-corrected chi connectivity index (χ2v) is 4.40. The Morgan fingerprint density at radius 2 is 1.67 bits per heavy atom. The topological polar surface area (TPSA) is 46.9 Å². The minimum atomic E-state index is -0.193. The van der Waals surface area contributed by atoms with Gasteiger partial charge in [-0.25, -0.2) is 0 Å². The number of nitrogens with zero attached hydrogens (tertiary/aromatic N) is 2. The van der Waals surface area contributed by atoms with Gasteiger partial charge in [0.2, 0.25) is 0 Å². The van der Waals surface area contributed by atoms with Crippen molar-refractivity contribution in [1.82, 2.24) is 9.80 Å². The lowest BCUT2D eigenvalue weighted by molar-refractivity contribution is 0.155. The molecule has 0 radical (unpaired) electrons. The van der Waals surface area contributed by atoms with E-state index in [1.807, 2.05) is 6.92 Å². The predicted molar refractivity (Wildman–Crippen MR) is 60.9 cm³/mol. The van der Waals surface area contributed by atoms with Crippen LogP contribution < -0.4 is 0 Å². The minimum Gasteiger partial charge on any atom is -0.395 e. The summed E-state index contributed by atoms with van der Waals surface area (Å²) in [5.74, 6) is 0. The Hall–Kier alpha value is -0.160. The molecule has 1 unspecified atom stereocenters. The van der Waals surface area contributed by atoms with Crippen molar-refractivity contribution in [2.24, 2.45) is 0 Å². The van der Waals surface area contributed by atoms with Crippen LogP contribution in [0.4, 0.5) is 0 Å². The van der Waals surface area contributed by atoms with Gasteiger partial charge in [-0.3, -0.25) is 4.90 Å². The van der Waals surface area contributed by atoms with Crippen LogP contribution >= 0.6 is 0 Å². The SMILES string of the molecule is CC(O)CCN1CCCN(CCO)CC1. The van der Waals surface area contributed by atoms with E-state index in [1.165, 1.54) is 6.42 Å². The Kier molecular flexibility index (Phi) is 6.17. The fourth-order valence-corrected chi connectivity index (χ4v) is 1.98. The molecule has 1 heterocycles. The lowest BCUT2D eigenvalue weighted by Gasteiger charge is -2.21. The molecule has 4 heteroatoms. The normalized spacial score (nSPS) is 22.6. The molecule has 1 aliphatic heterocycles. The van der Waals surface area contributed by atoms with E-state index in [4.69, 9.17) is 5.11 Å². The van der Waals surface area contributed by atoms with Gasteiger partial charge in [-0.2, -0.15) is 0 Å². The van der Waals surface area contributed by atoms with Crippen LogP contribution in [-0.4, -0.2) is 72.0 Å². The van der Waals surface area contributed by atoms with Crippen molar-refractivity contribution in [3.8, 4) is 0 Å². The van der Waals surface area contributed by atoms with Gasteiger partial charge >= 0.3 is 0 Å². The number of aliphatic hydroxyl groups excluding tert-OH is 2. The lowest BCUT2D eigenvalue weighted by Crippen LogP contribution is -2.33. The van der Waals surface area contributed by atoms with Crippen LogP contribution in [0.2, 0.25) is 0 Å². The van der Waals surface area contributed by atoms with Gasteiger partial charge < -0.3 is 15.1 Å². The van der Waals surface area contributed by atoms with Crippen molar-refractivity contribution in [2.45, 2.75) is 25.9 Å². The number of aliphatic hydroxyl groups is 2. The van der Waals surface area contributed by atoms with E-state index < -0.39 is 0 Å². The van der Waals surface area contributed by atoms with Gasteiger partial charge in [-0.1, -0.05) is 0 Å². The first-order valence-electron chi connectivity index (χ1n) is 5.96. The Bertz CT molecular complexity index is 165. The molecule has 0 saturated carbocycles. The number of β-amino-alcohol motifs (C(OH)–C–C–N with tert-alkyl or cyclic N) is 1. The van der Waals surface area contributed by atoms with E-state index in [0.717, 1.165) is 45.7 Å². The lowest BCUT2D eigenvalue weighted by atomic mass is 10.2. The zero-order valence-electron chi connectivity index (χ0n) is 9.73. The second kappa shape index (κ2) is 7.17. The summed E-state index contributed by atoms with van der Waals surface area (Å²) in [4.78, 5) is 4.71. The maximum atomic E-state index is 9.22. The van der Waals surface area contributed by atoms with Gasteiger partial charge in [0.1, 0.15) is 0 Å². The van der Waals surface area contributed by atoms with E-state index >= 15 is 0 Å². The first-order chi connectivity index (χ1) is 7.22. The van der Waals surface area contributed by atoms with E-state index in [2.05, 4.69) is 9.80 Å². The summed E-state index contributed by atoms with van der Waals surface area (Å²) in [6, 6.07) is 0. The average molecular weight is 216 g/mol. The molecule has 1 saturated heterocycles. The highest BCUT2D eigenvalue weighted by molar-refractivity contribution is 4.69. The van der Waals surface area contributed by atoms with Gasteiger partial charge in [0.15, 0.2) is 0 Å². The van der Waals surface area contributed by atoms with E-state index in [1.54, 1.807) is 0 Å². The van der Waals surface area contributed by atoms with Gasteiger partial charge in [0.05, 0.1) is 12.7 Å². The average Bonchev–Trinajstić information content (AvgIpc) is 2.41. The summed E-state index contributed by atoms with van der Waals surface area (Å²) in [7, 11) is 0. The highest BCUT2D eigenvalue weighted by Gasteiger charge is 2.14. The third-order valence-electron chi connectivity index (χ3n) is 2.96. The highest BCUT2D eigenvalue weighted by Crippen LogP contribution is 2.04. The summed E-state index contributed by atoms with van der Waals surface area (Å²) in [6.07, 6.45) is 1.83. The summed E-state index contributed by atoms with van der Waals surface area (Å²) in [6.45, 7) is 8.20. The van der Waals surface area contributed by atoms with Crippen molar-refractivity contribution < 1.29 is 10.2 Å². The van der Waals surface area contributed by atoms with Crippen LogP contribution in [0.3, 0.4) is 0 Å². The van der Waals surface area contributed by atoms with Crippen molar-refractivity contribution in [1.29, 1.82) is 0 Å². The molecule has 1 fully saturated rings. The molecule has 0 amide bonds. The molecule has 1 atom stereocenters. The highest BCUT2D eigenvalue weighted by atomic mass is 16.3. The molecule has 1 aliphatic rings. The Morgan fingerprint density at radius 3 is 2.20 bits per heavy atom. The first-order valence-corrected chi connectivity index (χ1v) is 5.96. The Balaban J connectivity index is 2.20. The smallest absolute Gasteiger partial charge is 0.0558 e. The fourth-order valence-electron chi connectivity index (χ4n) is 1.98. The summed E-state index contributed by atoms with van der Waals surface area (Å²) < 4.78 is 0. The predicted octanol–water partition coefficient (Wildman–Crippen LogP) is -0.243. The van der Waals surface area contributed by atoms with Crippen LogP contribution in [-0.2, 0) is 0 Å². The third kappa shape index (κ3) is 5.47. The molecular weight excluding hydrogens is 192 g/mol. The molecule has 90 valence electrons. The zero-order valence-corrected chi connectivity index (χ0v) is 9.73.